The molecule has 0 heterocycles. The van der Waals surface area contributed by atoms with Gasteiger partial charge in [0.05, 0.1) is 0 Å². The van der Waals surface area contributed by atoms with Crippen LogP contribution in [0.5, 0.6) is 0 Å². The quantitative estimate of drug-likeness (QED) is 0.567. The van der Waals surface area contributed by atoms with Crippen molar-refractivity contribution < 1.29 is 14.1 Å². The third-order valence-electron chi connectivity index (χ3n) is 4.03. The summed E-state index contributed by atoms with van der Waals surface area (Å²) in [4.78, 5) is 12.3. The zero-order valence-corrected chi connectivity index (χ0v) is 15.7. The second-order valence-electron chi connectivity index (χ2n) is 5.82. The summed E-state index contributed by atoms with van der Waals surface area (Å²) in [7, 11) is 0. The lowest BCUT2D eigenvalue weighted by Crippen LogP contribution is -1.98. The number of rotatable bonds is 3. The topological polar surface area (TPSA) is 49.4 Å². The molecular formula is C20H17ClO3S. The van der Waals surface area contributed by atoms with E-state index in [4.69, 9.17) is 16.3 Å². The predicted molar refractivity (Wildman–Crippen MR) is 102 cm³/mol. The molecule has 2 aromatic carbocycles. The molecule has 0 spiro atoms. The fourth-order valence-corrected chi connectivity index (χ4v) is 3.54. The minimum absolute atomic E-state index is 0.365. The van der Waals surface area contributed by atoms with E-state index in [9.17, 15) is 9.35 Å². The monoisotopic (exact) mass is 372 g/mol. The molecule has 1 aliphatic rings. The molecule has 0 aromatic heterocycles. The minimum atomic E-state index is -1.00. The van der Waals surface area contributed by atoms with Crippen molar-refractivity contribution >= 4 is 46.2 Å². The maximum Gasteiger partial charge on any atom is 0.308 e. The molecule has 0 aliphatic heterocycles. The number of esters is 1. The Bertz CT molecular complexity index is 896. The normalized spacial score (nSPS) is 16.1. The molecule has 1 unspecified atom stereocenters. The van der Waals surface area contributed by atoms with E-state index in [-0.39, 0.29) is 5.97 Å². The molecule has 0 N–H and O–H groups in total. The van der Waals surface area contributed by atoms with Crippen LogP contribution < -0.4 is 0 Å². The van der Waals surface area contributed by atoms with Crippen molar-refractivity contribution in [1.29, 1.82) is 0 Å². The molecule has 0 bridgehead atoms. The van der Waals surface area contributed by atoms with Crippen LogP contribution >= 0.6 is 11.6 Å². The first-order valence-electron chi connectivity index (χ1n) is 7.72. The van der Waals surface area contributed by atoms with E-state index in [1.165, 1.54) is 6.92 Å². The van der Waals surface area contributed by atoms with E-state index in [0.717, 1.165) is 32.7 Å². The third kappa shape index (κ3) is 3.66. The van der Waals surface area contributed by atoms with Crippen LogP contribution in [0.1, 0.15) is 30.5 Å². The number of fused-ring (bicyclic) bond motifs is 1. The highest BCUT2D eigenvalue weighted by Gasteiger charge is 2.26. The number of hydrogen-bond donors (Lipinski definition) is 0. The highest BCUT2D eigenvalue weighted by Crippen LogP contribution is 2.43. The fourth-order valence-electron chi connectivity index (χ4n) is 2.85. The summed E-state index contributed by atoms with van der Waals surface area (Å²) < 4.78 is 16.9. The van der Waals surface area contributed by atoms with Crippen LogP contribution in [0.3, 0.4) is 0 Å². The molecule has 128 valence electrons. The average Bonchev–Trinajstić information content (AvgIpc) is 2.80. The van der Waals surface area contributed by atoms with Crippen molar-refractivity contribution in [3.63, 3.8) is 0 Å². The van der Waals surface area contributed by atoms with Gasteiger partial charge in [0.2, 0.25) is 0 Å². The zero-order valence-electron chi connectivity index (χ0n) is 14.1. The van der Waals surface area contributed by atoms with E-state index in [0.29, 0.717) is 10.8 Å². The Kier molecular flexibility index (Phi) is 5.04. The maximum atomic E-state index is 11.5. The standard InChI is InChI=1S/C20H17ClO3S/c1-12-18(10-14-4-7-16(8-5-14)25(3)23)17-9-6-15(21)11-19(17)20(12)24-13(2)22/h4-11H,1-3H3. The van der Waals surface area contributed by atoms with E-state index < -0.39 is 11.2 Å². The summed E-state index contributed by atoms with van der Waals surface area (Å²) in [6, 6.07) is 13.1. The highest BCUT2D eigenvalue weighted by molar-refractivity contribution is 7.90. The SMILES string of the molecule is CC(=O)OC1=C(C)C(=Cc2ccc([S+](C)[O-])cc2)c2ccc(Cl)cc21. The zero-order chi connectivity index (χ0) is 18.1. The molecular weight excluding hydrogens is 356 g/mol. The van der Waals surface area contributed by atoms with Gasteiger partial charge in [-0.3, -0.25) is 4.79 Å². The lowest BCUT2D eigenvalue weighted by Gasteiger charge is -2.06. The van der Waals surface area contributed by atoms with Crippen molar-refractivity contribution in [2.75, 3.05) is 6.26 Å². The van der Waals surface area contributed by atoms with Crippen molar-refractivity contribution in [3.8, 4) is 0 Å². The molecule has 5 heteroatoms. The number of ether oxygens (including phenoxy) is 1. The molecule has 0 saturated heterocycles. The molecule has 0 radical (unpaired) electrons. The Hall–Kier alpha value is -2.01. The summed E-state index contributed by atoms with van der Waals surface area (Å²) in [5.74, 6) is 0.179. The van der Waals surface area contributed by atoms with Crippen molar-refractivity contribution in [2.45, 2.75) is 18.7 Å². The fraction of sp³-hybridized carbons (Fsp3) is 0.150. The van der Waals surface area contributed by atoms with Gasteiger partial charge < -0.3 is 9.29 Å². The Labute approximate surface area is 155 Å². The van der Waals surface area contributed by atoms with E-state index in [1.807, 2.05) is 55.5 Å². The van der Waals surface area contributed by atoms with Gasteiger partial charge in [0.15, 0.2) is 4.90 Å². The average molecular weight is 373 g/mol. The Morgan fingerprint density at radius 3 is 2.44 bits per heavy atom. The largest absolute Gasteiger partial charge is 0.612 e. The van der Waals surface area contributed by atoms with Gasteiger partial charge in [-0.15, -0.1) is 0 Å². The Balaban J connectivity index is 2.09. The summed E-state index contributed by atoms with van der Waals surface area (Å²) in [6.45, 7) is 3.31. The van der Waals surface area contributed by atoms with Gasteiger partial charge in [-0.2, -0.15) is 0 Å². The van der Waals surface area contributed by atoms with Crippen molar-refractivity contribution in [3.05, 3.63) is 69.8 Å². The first kappa shape index (κ1) is 17.8. The van der Waals surface area contributed by atoms with Crippen LogP contribution in [0.4, 0.5) is 0 Å². The maximum absolute atomic E-state index is 11.5. The van der Waals surface area contributed by atoms with Gasteiger partial charge in [0.25, 0.3) is 0 Å². The van der Waals surface area contributed by atoms with Gasteiger partial charge in [-0.1, -0.05) is 17.7 Å². The van der Waals surface area contributed by atoms with Crippen LogP contribution in [-0.4, -0.2) is 16.8 Å². The summed E-state index contributed by atoms with van der Waals surface area (Å²) in [5, 5.41) is 0.590. The Morgan fingerprint density at radius 1 is 1.16 bits per heavy atom. The van der Waals surface area contributed by atoms with Gasteiger partial charge in [0.1, 0.15) is 12.0 Å². The highest BCUT2D eigenvalue weighted by atomic mass is 35.5. The van der Waals surface area contributed by atoms with E-state index >= 15 is 0 Å². The number of carbonyl (C=O) groups excluding carboxylic acids is 1. The van der Waals surface area contributed by atoms with Crippen LogP contribution in [0.25, 0.3) is 17.4 Å². The molecule has 25 heavy (non-hydrogen) atoms. The lowest BCUT2D eigenvalue weighted by atomic mass is 10.0. The molecule has 0 fully saturated rings. The summed E-state index contributed by atoms with van der Waals surface area (Å²) in [6.07, 6.45) is 3.68. The van der Waals surface area contributed by atoms with Gasteiger partial charge >= 0.3 is 5.97 Å². The molecule has 2 aromatic rings. The first-order valence-corrected chi connectivity index (χ1v) is 9.65. The van der Waals surface area contributed by atoms with Crippen LogP contribution in [0, 0.1) is 0 Å². The second kappa shape index (κ2) is 7.08. The van der Waals surface area contributed by atoms with Gasteiger partial charge in [0, 0.05) is 23.1 Å². The van der Waals surface area contributed by atoms with Crippen molar-refractivity contribution in [1.82, 2.24) is 0 Å². The molecule has 3 nitrogen and oxygen atoms in total. The summed E-state index contributed by atoms with van der Waals surface area (Å²) >= 11 is 5.11. The smallest absolute Gasteiger partial charge is 0.308 e. The third-order valence-corrected chi connectivity index (χ3v) is 5.20. The number of halogens is 1. The number of allylic oxidation sites excluding steroid dienone is 2. The molecule has 0 amide bonds. The van der Waals surface area contributed by atoms with E-state index in [2.05, 4.69) is 0 Å². The number of benzene rings is 2. The van der Waals surface area contributed by atoms with Gasteiger partial charge in [-0.05, 0) is 77.3 Å². The molecule has 0 saturated carbocycles. The van der Waals surface area contributed by atoms with Crippen molar-refractivity contribution in [2.24, 2.45) is 0 Å². The second-order valence-corrected chi connectivity index (χ2v) is 7.63. The molecule has 1 aliphatic carbocycles. The Morgan fingerprint density at radius 2 is 1.84 bits per heavy atom. The van der Waals surface area contributed by atoms with Gasteiger partial charge in [-0.25, -0.2) is 0 Å². The number of hydrogen-bond acceptors (Lipinski definition) is 3. The van der Waals surface area contributed by atoms with Crippen LogP contribution in [0.2, 0.25) is 5.02 Å². The lowest BCUT2D eigenvalue weighted by molar-refractivity contribution is -0.134. The van der Waals surface area contributed by atoms with Crippen LogP contribution in [-0.2, 0) is 20.7 Å². The minimum Gasteiger partial charge on any atom is -0.612 e. The molecule has 3 rings (SSSR count). The molecule has 1 atom stereocenters. The number of carbonyl (C=O) groups is 1. The van der Waals surface area contributed by atoms with Crippen LogP contribution in [0.15, 0.2) is 52.9 Å². The predicted octanol–water partition coefficient (Wildman–Crippen LogP) is 4.93. The summed E-state index contributed by atoms with van der Waals surface area (Å²) in [5.41, 5.74) is 4.64. The van der Waals surface area contributed by atoms with E-state index in [1.54, 1.807) is 6.26 Å². The first-order chi connectivity index (χ1) is 11.9.